The molecule has 2 rings (SSSR count). The van der Waals surface area contributed by atoms with Gasteiger partial charge in [-0.05, 0) is 58.5 Å². The van der Waals surface area contributed by atoms with Crippen molar-refractivity contribution in [3.05, 3.63) is 64.4 Å². The van der Waals surface area contributed by atoms with E-state index in [1.54, 1.807) is 12.1 Å². The van der Waals surface area contributed by atoms with E-state index in [0.717, 1.165) is 12.1 Å². The van der Waals surface area contributed by atoms with Crippen molar-refractivity contribution < 1.29 is 4.39 Å². The van der Waals surface area contributed by atoms with Crippen molar-refractivity contribution in [3.63, 3.8) is 0 Å². The fraction of sp³-hybridized carbons (Fsp3) is 0.333. The quantitative estimate of drug-likeness (QED) is 0.723. The molecule has 0 saturated carbocycles. The summed E-state index contributed by atoms with van der Waals surface area (Å²) in [5.41, 5.74) is 2.35. The Labute approximate surface area is 134 Å². The number of hydrogen-bond donors (Lipinski definition) is 1. The molecule has 0 aliphatic carbocycles. The first-order chi connectivity index (χ1) is 9.88. The normalized spacial score (nSPS) is 13.0. The molecule has 0 fully saturated rings. The molecule has 1 nitrogen and oxygen atoms in total. The predicted molar refractivity (Wildman–Crippen MR) is 91.3 cm³/mol. The highest BCUT2D eigenvalue weighted by atomic mass is 79.9. The molecule has 0 radical (unpaired) electrons. The second-order valence-electron chi connectivity index (χ2n) is 6.13. The minimum atomic E-state index is -0.238. The summed E-state index contributed by atoms with van der Waals surface area (Å²) in [5, 5.41) is 3.44. The zero-order valence-corrected chi connectivity index (χ0v) is 14.2. The van der Waals surface area contributed by atoms with Gasteiger partial charge in [-0.3, -0.25) is 0 Å². The Morgan fingerprint density at radius 1 is 1.14 bits per heavy atom. The number of rotatable bonds is 5. The van der Waals surface area contributed by atoms with Crippen molar-refractivity contribution in [3.8, 4) is 0 Å². The number of halogens is 2. The average Bonchev–Trinajstić information content (AvgIpc) is 2.43. The summed E-state index contributed by atoms with van der Waals surface area (Å²) in [5.74, 6) is -0.238. The average molecular weight is 350 g/mol. The van der Waals surface area contributed by atoms with Gasteiger partial charge in [0, 0.05) is 11.7 Å². The molecular weight excluding hydrogens is 329 g/mol. The molecule has 112 valence electrons. The van der Waals surface area contributed by atoms with Crippen LogP contribution < -0.4 is 5.32 Å². The lowest BCUT2D eigenvalue weighted by Crippen LogP contribution is -2.27. The molecule has 2 aromatic carbocycles. The molecular formula is C18H21BrFN. The summed E-state index contributed by atoms with van der Waals surface area (Å²) in [6.45, 7) is 6.66. The Balaban J connectivity index is 2.04. The molecule has 1 N–H and O–H groups in total. The highest BCUT2D eigenvalue weighted by Gasteiger charge is 2.23. The summed E-state index contributed by atoms with van der Waals surface area (Å²) < 4.78 is 13.7. The van der Waals surface area contributed by atoms with E-state index in [4.69, 9.17) is 0 Å². The van der Waals surface area contributed by atoms with Crippen LogP contribution in [-0.4, -0.2) is 6.04 Å². The zero-order valence-electron chi connectivity index (χ0n) is 12.7. The molecule has 1 atom stereocenters. The van der Waals surface area contributed by atoms with Crippen LogP contribution in [0, 0.1) is 5.82 Å². The van der Waals surface area contributed by atoms with Crippen LogP contribution in [0.5, 0.6) is 0 Å². The summed E-state index contributed by atoms with van der Waals surface area (Å²) in [7, 11) is 0. The lowest BCUT2D eigenvalue weighted by Gasteiger charge is -2.29. The minimum Gasteiger partial charge on any atom is -0.383 e. The summed E-state index contributed by atoms with van der Waals surface area (Å²) >= 11 is 3.22. The van der Waals surface area contributed by atoms with Crippen molar-refractivity contribution in [2.75, 3.05) is 5.32 Å². The molecule has 0 saturated heterocycles. The molecule has 0 bridgehead atoms. The van der Waals surface area contributed by atoms with E-state index in [2.05, 4.69) is 66.3 Å². The van der Waals surface area contributed by atoms with Gasteiger partial charge in [-0.2, -0.15) is 0 Å². The largest absolute Gasteiger partial charge is 0.383 e. The number of anilines is 1. The van der Waals surface area contributed by atoms with Crippen LogP contribution in [0.15, 0.2) is 53.0 Å². The summed E-state index contributed by atoms with van der Waals surface area (Å²) in [6.07, 6.45) is 0.992. The lowest BCUT2D eigenvalue weighted by molar-refractivity contribution is 0.450. The molecule has 1 unspecified atom stereocenters. The molecule has 0 aromatic heterocycles. The molecule has 0 spiro atoms. The van der Waals surface area contributed by atoms with E-state index in [9.17, 15) is 4.39 Å². The van der Waals surface area contributed by atoms with Crippen molar-refractivity contribution in [1.29, 1.82) is 0 Å². The maximum atomic E-state index is 13.3. The lowest BCUT2D eigenvalue weighted by atomic mass is 9.79. The van der Waals surface area contributed by atoms with E-state index >= 15 is 0 Å². The van der Waals surface area contributed by atoms with E-state index in [1.807, 2.05) is 6.07 Å². The molecule has 0 aliphatic rings. The molecule has 0 heterocycles. The monoisotopic (exact) mass is 349 g/mol. The van der Waals surface area contributed by atoms with Gasteiger partial charge >= 0.3 is 0 Å². The Hall–Kier alpha value is -1.35. The SMILES string of the molecule is CC(CC(C)(C)c1ccccc1)Nc1ccc(F)c(Br)c1. The van der Waals surface area contributed by atoms with Gasteiger partial charge in [0.1, 0.15) is 5.82 Å². The summed E-state index contributed by atoms with van der Waals surface area (Å²) in [4.78, 5) is 0. The fourth-order valence-corrected chi connectivity index (χ4v) is 3.07. The zero-order chi connectivity index (χ0) is 15.5. The van der Waals surface area contributed by atoms with Crippen molar-refractivity contribution in [2.24, 2.45) is 0 Å². The summed E-state index contributed by atoms with van der Waals surface area (Å²) in [6, 6.07) is 15.8. The fourth-order valence-electron chi connectivity index (χ4n) is 2.69. The smallest absolute Gasteiger partial charge is 0.137 e. The van der Waals surface area contributed by atoms with Crippen LogP contribution in [0.3, 0.4) is 0 Å². The van der Waals surface area contributed by atoms with Crippen LogP contribution in [-0.2, 0) is 5.41 Å². The van der Waals surface area contributed by atoms with Gasteiger partial charge in [0.05, 0.1) is 4.47 Å². The van der Waals surface area contributed by atoms with Crippen LogP contribution in [0.2, 0.25) is 0 Å². The van der Waals surface area contributed by atoms with Crippen molar-refractivity contribution >= 4 is 21.6 Å². The first-order valence-corrected chi connectivity index (χ1v) is 7.95. The highest BCUT2D eigenvalue weighted by molar-refractivity contribution is 9.10. The van der Waals surface area contributed by atoms with Gasteiger partial charge in [0.15, 0.2) is 0 Å². The van der Waals surface area contributed by atoms with Gasteiger partial charge in [-0.25, -0.2) is 4.39 Å². The second-order valence-corrected chi connectivity index (χ2v) is 6.98. The third kappa shape index (κ3) is 4.31. The van der Waals surface area contributed by atoms with Crippen molar-refractivity contribution in [1.82, 2.24) is 0 Å². The molecule has 2 aromatic rings. The Morgan fingerprint density at radius 2 is 1.81 bits per heavy atom. The topological polar surface area (TPSA) is 12.0 Å². The Kier molecular flexibility index (Phi) is 5.04. The van der Waals surface area contributed by atoms with Crippen molar-refractivity contribution in [2.45, 2.75) is 38.6 Å². The first kappa shape index (κ1) is 16.0. The van der Waals surface area contributed by atoms with E-state index in [1.165, 1.54) is 11.6 Å². The van der Waals surface area contributed by atoms with Gasteiger partial charge in [0.25, 0.3) is 0 Å². The van der Waals surface area contributed by atoms with E-state index in [0.29, 0.717) is 4.47 Å². The first-order valence-electron chi connectivity index (χ1n) is 7.15. The Bertz CT molecular complexity index is 595. The van der Waals surface area contributed by atoms with Gasteiger partial charge in [0.2, 0.25) is 0 Å². The van der Waals surface area contributed by atoms with Gasteiger partial charge in [-0.15, -0.1) is 0 Å². The van der Waals surface area contributed by atoms with Gasteiger partial charge in [-0.1, -0.05) is 44.2 Å². The predicted octanol–water partition coefficient (Wildman–Crippen LogP) is 5.76. The molecule has 3 heteroatoms. The minimum absolute atomic E-state index is 0.0882. The van der Waals surface area contributed by atoms with Crippen LogP contribution in [0.25, 0.3) is 0 Å². The molecule has 21 heavy (non-hydrogen) atoms. The van der Waals surface area contributed by atoms with Gasteiger partial charge < -0.3 is 5.32 Å². The van der Waals surface area contributed by atoms with E-state index in [-0.39, 0.29) is 17.3 Å². The van der Waals surface area contributed by atoms with Crippen LogP contribution >= 0.6 is 15.9 Å². The number of nitrogens with one attached hydrogen (secondary N) is 1. The van der Waals surface area contributed by atoms with Crippen LogP contribution in [0.4, 0.5) is 10.1 Å². The molecule has 0 amide bonds. The molecule has 0 aliphatic heterocycles. The number of hydrogen-bond acceptors (Lipinski definition) is 1. The van der Waals surface area contributed by atoms with E-state index < -0.39 is 0 Å². The van der Waals surface area contributed by atoms with Crippen LogP contribution in [0.1, 0.15) is 32.8 Å². The standard InChI is InChI=1S/C18H21BrFN/c1-13(21-15-9-10-17(20)16(19)11-15)12-18(2,3)14-7-5-4-6-8-14/h4-11,13,21H,12H2,1-3H3. The maximum absolute atomic E-state index is 13.3. The third-order valence-corrected chi connectivity index (χ3v) is 4.31. The highest BCUT2D eigenvalue weighted by Crippen LogP contribution is 2.29. The third-order valence-electron chi connectivity index (χ3n) is 3.70. The number of benzene rings is 2. The maximum Gasteiger partial charge on any atom is 0.137 e. The Morgan fingerprint density at radius 3 is 2.43 bits per heavy atom. The second kappa shape index (κ2) is 6.61.